The molecule has 5 N–H and O–H groups in total. The van der Waals surface area contributed by atoms with Crippen molar-refractivity contribution in [2.45, 2.75) is 26.2 Å². The minimum Gasteiger partial charge on any atom is -0.454 e. The number of aryl methyl sites for hydroxylation is 1. The molecule has 1 aliphatic heterocycles. The number of benzene rings is 1. The Morgan fingerprint density at radius 2 is 1.80 bits per heavy atom. The predicted octanol–water partition coefficient (Wildman–Crippen LogP) is 2.28. The van der Waals surface area contributed by atoms with Gasteiger partial charge in [-0.2, -0.15) is 4.98 Å². The molecule has 1 aromatic heterocycles. The first-order valence-corrected chi connectivity index (χ1v) is 7.80. The van der Waals surface area contributed by atoms with Gasteiger partial charge in [0.25, 0.3) is 0 Å². The molecule has 0 saturated heterocycles. The highest BCUT2D eigenvalue weighted by Crippen LogP contribution is 2.37. The number of fused-ring (bicyclic) bond motifs is 1. The van der Waals surface area contributed by atoms with Crippen molar-refractivity contribution in [2.75, 3.05) is 25.4 Å². The number of aliphatic hydroxyl groups is 1. The van der Waals surface area contributed by atoms with Gasteiger partial charge in [-0.25, -0.2) is 4.98 Å². The van der Waals surface area contributed by atoms with E-state index in [2.05, 4.69) is 29.9 Å². The number of anilines is 2. The highest BCUT2D eigenvalue weighted by Gasteiger charge is 2.22. The van der Waals surface area contributed by atoms with Gasteiger partial charge < -0.3 is 26.0 Å². The van der Waals surface area contributed by atoms with Crippen molar-refractivity contribution >= 4 is 17.8 Å². The molecular weight excluding hydrogens is 320 g/mol. The fourth-order valence-corrected chi connectivity index (χ4v) is 2.52. The molecule has 7 nitrogen and oxygen atoms in total. The Balaban J connectivity index is 0.00000109. The standard InChI is InChI=1S/C17H20N4O2.CH4O/c1-10-12(15(18)21-16(19)20-10)6-7-17(2,3)11-4-5-13-14(8-11)23-9-22-13;1-2/h4-8H,9H2,1-3H3,(H4,18,19,20,21);2H,1H3/b7-6+;. The molecule has 1 aliphatic rings. The van der Waals surface area contributed by atoms with E-state index >= 15 is 0 Å². The molecule has 0 spiro atoms. The van der Waals surface area contributed by atoms with Crippen LogP contribution in [0.4, 0.5) is 11.8 Å². The first-order chi connectivity index (χ1) is 11.9. The van der Waals surface area contributed by atoms with Gasteiger partial charge in [0.2, 0.25) is 12.7 Å². The van der Waals surface area contributed by atoms with Gasteiger partial charge in [-0.1, -0.05) is 32.1 Å². The van der Waals surface area contributed by atoms with Crippen molar-refractivity contribution in [2.24, 2.45) is 0 Å². The quantitative estimate of drug-likeness (QED) is 0.782. The average molecular weight is 344 g/mol. The van der Waals surface area contributed by atoms with Crippen LogP contribution in [-0.2, 0) is 5.41 Å². The summed E-state index contributed by atoms with van der Waals surface area (Å²) in [6.07, 6.45) is 4.01. The monoisotopic (exact) mass is 344 g/mol. The van der Waals surface area contributed by atoms with E-state index in [-0.39, 0.29) is 18.2 Å². The summed E-state index contributed by atoms with van der Waals surface area (Å²) >= 11 is 0. The second kappa shape index (κ2) is 7.40. The molecule has 0 unspecified atom stereocenters. The third kappa shape index (κ3) is 4.00. The van der Waals surface area contributed by atoms with Crippen LogP contribution in [0.3, 0.4) is 0 Å². The Labute approximate surface area is 147 Å². The summed E-state index contributed by atoms with van der Waals surface area (Å²) in [7, 11) is 1.00. The molecule has 0 aliphatic carbocycles. The van der Waals surface area contributed by atoms with E-state index in [1.807, 2.05) is 31.2 Å². The Morgan fingerprint density at radius 3 is 2.48 bits per heavy atom. The highest BCUT2D eigenvalue weighted by molar-refractivity contribution is 5.65. The lowest BCUT2D eigenvalue weighted by Gasteiger charge is -2.21. The molecule has 0 bridgehead atoms. The highest BCUT2D eigenvalue weighted by atomic mass is 16.7. The molecule has 0 atom stereocenters. The Hall–Kier alpha value is -2.80. The maximum Gasteiger partial charge on any atom is 0.231 e. The first kappa shape index (κ1) is 18.5. The molecule has 1 aromatic carbocycles. The number of aromatic nitrogens is 2. The van der Waals surface area contributed by atoms with Crippen molar-refractivity contribution in [3.8, 4) is 11.5 Å². The van der Waals surface area contributed by atoms with Gasteiger partial charge >= 0.3 is 0 Å². The molecular formula is C18H24N4O3. The fourth-order valence-electron chi connectivity index (χ4n) is 2.52. The van der Waals surface area contributed by atoms with Crippen LogP contribution in [0, 0.1) is 6.92 Å². The van der Waals surface area contributed by atoms with Crippen LogP contribution in [0.2, 0.25) is 0 Å². The van der Waals surface area contributed by atoms with Crippen LogP contribution in [0.5, 0.6) is 11.5 Å². The molecule has 2 aromatic rings. The number of nitrogens with zero attached hydrogens (tertiary/aromatic N) is 2. The molecule has 0 fully saturated rings. The van der Waals surface area contributed by atoms with E-state index in [1.165, 1.54) is 0 Å². The number of nitrogen functional groups attached to an aromatic ring is 2. The molecule has 0 amide bonds. The number of hydrogen-bond donors (Lipinski definition) is 3. The normalized spacial score (nSPS) is 12.8. The molecule has 7 heteroatoms. The molecule has 3 rings (SSSR count). The third-order valence-electron chi connectivity index (χ3n) is 3.97. The number of hydrogen-bond acceptors (Lipinski definition) is 7. The zero-order chi connectivity index (χ0) is 18.6. The summed E-state index contributed by atoms with van der Waals surface area (Å²) in [4.78, 5) is 8.17. The lowest BCUT2D eigenvalue weighted by atomic mass is 9.83. The number of nitrogens with two attached hydrogens (primary N) is 2. The van der Waals surface area contributed by atoms with E-state index in [0.29, 0.717) is 5.82 Å². The van der Waals surface area contributed by atoms with Crippen molar-refractivity contribution in [3.05, 3.63) is 41.1 Å². The number of ether oxygens (including phenoxy) is 2. The minimum absolute atomic E-state index is 0.187. The summed E-state index contributed by atoms with van der Waals surface area (Å²) in [5, 5.41) is 7.00. The van der Waals surface area contributed by atoms with E-state index < -0.39 is 0 Å². The number of aliphatic hydroxyl groups excluding tert-OH is 1. The largest absolute Gasteiger partial charge is 0.454 e. The maximum atomic E-state index is 7.00. The molecule has 0 saturated carbocycles. The van der Waals surface area contributed by atoms with E-state index in [0.717, 1.165) is 35.4 Å². The van der Waals surface area contributed by atoms with Gasteiger partial charge in [0, 0.05) is 18.1 Å². The zero-order valence-corrected chi connectivity index (χ0v) is 14.9. The van der Waals surface area contributed by atoms with Crippen LogP contribution in [0.25, 0.3) is 6.08 Å². The average Bonchev–Trinajstić information content (AvgIpc) is 3.03. The topological polar surface area (TPSA) is 117 Å². The zero-order valence-electron chi connectivity index (χ0n) is 14.9. The summed E-state index contributed by atoms with van der Waals surface area (Å²) in [6, 6.07) is 5.97. The van der Waals surface area contributed by atoms with E-state index in [1.54, 1.807) is 0 Å². The lowest BCUT2D eigenvalue weighted by molar-refractivity contribution is 0.174. The van der Waals surface area contributed by atoms with Gasteiger partial charge in [0.15, 0.2) is 11.5 Å². The third-order valence-corrected chi connectivity index (χ3v) is 3.97. The van der Waals surface area contributed by atoms with E-state index in [4.69, 9.17) is 26.0 Å². The maximum absolute atomic E-state index is 7.00. The van der Waals surface area contributed by atoms with E-state index in [9.17, 15) is 0 Å². The van der Waals surface area contributed by atoms with Crippen LogP contribution in [0.15, 0.2) is 24.3 Å². The van der Waals surface area contributed by atoms with Crippen LogP contribution in [0.1, 0.15) is 30.7 Å². The lowest BCUT2D eigenvalue weighted by Crippen LogP contribution is -2.13. The van der Waals surface area contributed by atoms with Crippen molar-refractivity contribution < 1.29 is 14.6 Å². The van der Waals surface area contributed by atoms with Gasteiger partial charge in [0.1, 0.15) is 5.82 Å². The molecule has 0 radical (unpaired) electrons. The van der Waals surface area contributed by atoms with Gasteiger partial charge in [0.05, 0.1) is 5.69 Å². The second-order valence-electron chi connectivity index (χ2n) is 6.09. The number of allylic oxidation sites excluding steroid dienone is 1. The van der Waals surface area contributed by atoms with Crippen LogP contribution < -0.4 is 20.9 Å². The summed E-state index contributed by atoms with van der Waals surface area (Å²) in [6.45, 7) is 6.37. The van der Waals surface area contributed by atoms with Gasteiger partial charge in [-0.15, -0.1) is 0 Å². The van der Waals surface area contributed by atoms with Gasteiger partial charge in [-0.3, -0.25) is 0 Å². The number of rotatable bonds is 3. The van der Waals surface area contributed by atoms with Crippen molar-refractivity contribution in [1.82, 2.24) is 9.97 Å². The van der Waals surface area contributed by atoms with Gasteiger partial charge in [-0.05, 0) is 24.6 Å². The summed E-state index contributed by atoms with van der Waals surface area (Å²) in [5.41, 5.74) is 14.0. The van der Waals surface area contributed by atoms with Crippen LogP contribution >= 0.6 is 0 Å². The fraction of sp³-hybridized carbons (Fsp3) is 0.333. The van der Waals surface area contributed by atoms with Crippen molar-refractivity contribution in [3.63, 3.8) is 0 Å². The summed E-state index contributed by atoms with van der Waals surface area (Å²) < 4.78 is 10.8. The SMILES string of the molecule is CO.Cc1nc(N)nc(N)c1/C=C/C(C)(C)c1ccc2c(c1)OCO2. The molecule has 2 heterocycles. The molecule has 134 valence electrons. The van der Waals surface area contributed by atoms with Crippen molar-refractivity contribution in [1.29, 1.82) is 0 Å². The summed E-state index contributed by atoms with van der Waals surface area (Å²) in [5.74, 6) is 2.12. The van der Waals surface area contributed by atoms with Crippen LogP contribution in [-0.4, -0.2) is 29.0 Å². The predicted molar refractivity (Wildman–Crippen MR) is 98.4 cm³/mol. The smallest absolute Gasteiger partial charge is 0.231 e. The minimum atomic E-state index is -0.221. The Morgan fingerprint density at radius 1 is 1.12 bits per heavy atom. The second-order valence-corrected chi connectivity index (χ2v) is 6.09. The first-order valence-electron chi connectivity index (χ1n) is 7.80. The Kier molecular flexibility index (Phi) is 5.48. The molecule has 25 heavy (non-hydrogen) atoms. The Bertz CT molecular complexity index is 765.